The van der Waals surface area contributed by atoms with Crippen LogP contribution in [0.1, 0.15) is 28.0 Å². The van der Waals surface area contributed by atoms with Crippen LogP contribution in [0.15, 0.2) is 42.5 Å². The lowest BCUT2D eigenvalue weighted by Crippen LogP contribution is -2.44. The molecule has 0 spiro atoms. The van der Waals surface area contributed by atoms with E-state index >= 15 is 0 Å². The van der Waals surface area contributed by atoms with Crippen LogP contribution in [0.2, 0.25) is 0 Å². The molecule has 2 aliphatic rings. The predicted molar refractivity (Wildman–Crippen MR) is 104 cm³/mol. The molecule has 1 aromatic heterocycles. The lowest BCUT2D eigenvalue weighted by Gasteiger charge is -2.29. The molecular formula is C22H17NO7. The molecule has 8 heteroatoms. The molecule has 0 unspecified atom stereocenters. The molecular weight excluding hydrogens is 390 g/mol. The zero-order valence-corrected chi connectivity index (χ0v) is 15.8. The molecule has 8 nitrogen and oxygen atoms in total. The Morgan fingerprint density at radius 2 is 1.70 bits per heavy atom. The number of carboxylic acids is 2. The highest BCUT2D eigenvalue weighted by molar-refractivity contribution is 6.06. The van der Waals surface area contributed by atoms with Crippen LogP contribution in [0, 0.1) is 5.41 Å². The fourth-order valence-electron chi connectivity index (χ4n) is 4.39. The standard InChI is InChI=1S/C22H17NO7/c24-19(12-5-6-17-18(9-12)30-11-29-17)23-15-4-2-1-3-13(15)14-10-22(20(25)26,21(27)28)8-7-16(14)23/h1-6,9H,7-8,10-11H2,(H,25,26)(H,27,28). The van der Waals surface area contributed by atoms with Crippen molar-refractivity contribution in [1.82, 2.24) is 4.57 Å². The van der Waals surface area contributed by atoms with Crippen LogP contribution in [0.3, 0.4) is 0 Å². The molecule has 3 aromatic rings. The van der Waals surface area contributed by atoms with Crippen LogP contribution in [0.4, 0.5) is 0 Å². The van der Waals surface area contributed by atoms with Crippen molar-refractivity contribution in [2.75, 3.05) is 6.79 Å². The van der Waals surface area contributed by atoms with Gasteiger partial charge in [0.25, 0.3) is 5.91 Å². The van der Waals surface area contributed by atoms with Crippen molar-refractivity contribution in [2.45, 2.75) is 19.3 Å². The summed E-state index contributed by atoms with van der Waals surface area (Å²) in [7, 11) is 0. The maximum atomic E-state index is 13.5. The van der Waals surface area contributed by atoms with Gasteiger partial charge in [0, 0.05) is 23.1 Å². The fourth-order valence-corrected chi connectivity index (χ4v) is 4.39. The number of aromatic nitrogens is 1. The highest BCUT2D eigenvalue weighted by atomic mass is 16.7. The number of carbonyl (C=O) groups excluding carboxylic acids is 1. The minimum Gasteiger partial charge on any atom is -0.480 e. The number of hydrogen-bond acceptors (Lipinski definition) is 5. The average molecular weight is 407 g/mol. The Kier molecular flexibility index (Phi) is 3.86. The summed E-state index contributed by atoms with van der Waals surface area (Å²) in [4.78, 5) is 37.2. The predicted octanol–water partition coefficient (Wildman–Crippen LogP) is 2.70. The third-order valence-corrected chi connectivity index (χ3v) is 6.00. The topological polar surface area (TPSA) is 115 Å². The highest BCUT2D eigenvalue weighted by Gasteiger charge is 2.50. The first-order chi connectivity index (χ1) is 14.4. The molecule has 0 bridgehead atoms. The van der Waals surface area contributed by atoms with E-state index in [2.05, 4.69) is 0 Å². The second-order valence-electron chi connectivity index (χ2n) is 7.52. The summed E-state index contributed by atoms with van der Waals surface area (Å²) < 4.78 is 12.2. The molecule has 1 aliphatic heterocycles. The first-order valence-electron chi connectivity index (χ1n) is 9.45. The first kappa shape index (κ1) is 18.2. The highest BCUT2D eigenvalue weighted by Crippen LogP contribution is 2.42. The summed E-state index contributed by atoms with van der Waals surface area (Å²) in [6.07, 6.45) is -0.0940. The molecule has 0 saturated heterocycles. The van der Waals surface area contributed by atoms with Gasteiger partial charge in [-0.15, -0.1) is 0 Å². The van der Waals surface area contributed by atoms with Crippen LogP contribution < -0.4 is 9.47 Å². The maximum absolute atomic E-state index is 13.5. The van der Waals surface area contributed by atoms with Crippen molar-refractivity contribution >= 4 is 28.7 Å². The quantitative estimate of drug-likeness (QED) is 0.642. The van der Waals surface area contributed by atoms with E-state index in [1.165, 1.54) is 0 Å². The lowest BCUT2D eigenvalue weighted by atomic mass is 9.72. The summed E-state index contributed by atoms with van der Waals surface area (Å²) in [5, 5.41) is 20.0. The van der Waals surface area contributed by atoms with Gasteiger partial charge in [0.05, 0.1) is 5.52 Å². The Bertz CT molecular complexity index is 1230. The normalized spacial score (nSPS) is 16.3. The van der Waals surface area contributed by atoms with Gasteiger partial charge < -0.3 is 19.7 Å². The van der Waals surface area contributed by atoms with Gasteiger partial charge in [-0.25, -0.2) is 0 Å². The van der Waals surface area contributed by atoms with Gasteiger partial charge in [0.2, 0.25) is 6.79 Å². The zero-order chi connectivity index (χ0) is 21.0. The van der Waals surface area contributed by atoms with E-state index in [0.29, 0.717) is 39.2 Å². The minimum absolute atomic E-state index is 0.0879. The molecule has 2 N–H and O–H groups in total. The van der Waals surface area contributed by atoms with Gasteiger partial charge in [0.15, 0.2) is 16.9 Å². The number of fused-ring (bicyclic) bond motifs is 4. The molecule has 5 rings (SSSR count). The second-order valence-corrected chi connectivity index (χ2v) is 7.52. The molecule has 0 atom stereocenters. The number of benzene rings is 2. The van der Waals surface area contributed by atoms with E-state index in [1.807, 2.05) is 0 Å². The number of aliphatic carboxylic acids is 2. The van der Waals surface area contributed by atoms with Crippen LogP contribution in [0.25, 0.3) is 10.9 Å². The van der Waals surface area contributed by atoms with Gasteiger partial charge in [-0.3, -0.25) is 19.0 Å². The van der Waals surface area contributed by atoms with Crippen LogP contribution >= 0.6 is 0 Å². The largest absolute Gasteiger partial charge is 0.480 e. The van der Waals surface area contributed by atoms with Crippen LogP contribution in [0.5, 0.6) is 11.5 Å². The first-order valence-corrected chi connectivity index (χ1v) is 9.45. The van der Waals surface area contributed by atoms with Crippen molar-refractivity contribution in [2.24, 2.45) is 5.41 Å². The number of hydrogen-bond donors (Lipinski definition) is 2. The van der Waals surface area contributed by atoms with E-state index in [0.717, 1.165) is 0 Å². The fraction of sp³-hybridized carbons (Fsp3) is 0.227. The molecule has 1 aliphatic carbocycles. The Balaban J connectivity index is 1.68. The summed E-state index contributed by atoms with van der Waals surface area (Å²) in [5.41, 5.74) is 0.365. The van der Waals surface area contributed by atoms with Crippen molar-refractivity contribution < 1.29 is 34.1 Å². The van der Waals surface area contributed by atoms with E-state index in [-0.39, 0.29) is 32.0 Å². The average Bonchev–Trinajstić information content (AvgIpc) is 3.34. The van der Waals surface area contributed by atoms with Crippen molar-refractivity contribution in [3.05, 3.63) is 59.3 Å². The summed E-state index contributed by atoms with van der Waals surface area (Å²) in [6, 6.07) is 12.1. The number of carboxylic acid groups (broad SMARTS) is 2. The van der Waals surface area contributed by atoms with Crippen molar-refractivity contribution in [3.63, 3.8) is 0 Å². The maximum Gasteiger partial charge on any atom is 0.321 e. The molecule has 0 amide bonds. The third kappa shape index (κ3) is 2.43. The minimum atomic E-state index is -1.90. The number of carbonyl (C=O) groups is 3. The van der Waals surface area contributed by atoms with E-state index < -0.39 is 17.4 Å². The SMILES string of the molecule is O=C(c1ccc2c(c1)OCO2)n1c2c(c3ccccc31)CC(C(=O)O)(C(=O)O)CC2. The zero-order valence-electron chi connectivity index (χ0n) is 15.8. The van der Waals surface area contributed by atoms with Gasteiger partial charge in [-0.05, 0) is 42.7 Å². The Morgan fingerprint density at radius 1 is 0.967 bits per heavy atom. The summed E-state index contributed by atoms with van der Waals surface area (Å²) >= 11 is 0. The molecule has 2 heterocycles. The third-order valence-electron chi connectivity index (χ3n) is 6.00. The number of nitrogens with zero attached hydrogens (tertiary/aromatic N) is 1. The lowest BCUT2D eigenvalue weighted by molar-refractivity contribution is -0.165. The monoisotopic (exact) mass is 407 g/mol. The summed E-state index contributed by atoms with van der Waals surface area (Å²) in [6.45, 7) is 0.0985. The molecule has 2 aromatic carbocycles. The van der Waals surface area contributed by atoms with Crippen LogP contribution in [-0.4, -0.2) is 39.4 Å². The number of rotatable bonds is 3. The molecule has 30 heavy (non-hydrogen) atoms. The summed E-state index contributed by atoms with van der Waals surface area (Å²) in [5.74, 6) is -1.95. The molecule has 0 saturated carbocycles. The second kappa shape index (κ2) is 6.35. The van der Waals surface area contributed by atoms with Crippen LogP contribution in [-0.2, 0) is 22.4 Å². The van der Waals surface area contributed by atoms with Gasteiger partial charge >= 0.3 is 11.9 Å². The van der Waals surface area contributed by atoms with E-state index in [9.17, 15) is 24.6 Å². The van der Waals surface area contributed by atoms with E-state index in [4.69, 9.17) is 9.47 Å². The molecule has 152 valence electrons. The van der Waals surface area contributed by atoms with E-state index in [1.54, 1.807) is 47.0 Å². The van der Waals surface area contributed by atoms with Crippen molar-refractivity contribution in [1.29, 1.82) is 0 Å². The Labute approximate surface area is 170 Å². The molecule has 0 fully saturated rings. The number of para-hydroxylation sites is 1. The van der Waals surface area contributed by atoms with Gasteiger partial charge in [-0.2, -0.15) is 0 Å². The van der Waals surface area contributed by atoms with Crippen molar-refractivity contribution in [3.8, 4) is 11.5 Å². The smallest absolute Gasteiger partial charge is 0.321 e. The van der Waals surface area contributed by atoms with Gasteiger partial charge in [-0.1, -0.05) is 18.2 Å². The number of ether oxygens (including phenoxy) is 2. The Morgan fingerprint density at radius 3 is 2.47 bits per heavy atom. The molecule has 0 radical (unpaired) electrons. The van der Waals surface area contributed by atoms with Gasteiger partial charge in [0.1, 0.15) is 0 Å². The Hall–Kier alpha value is -3.81.